The number of halogens is 1. The van der Waals surface area contributed by atoms with Crippen LogP contribution in [0.15, 0.2) is 12.3 Å². The van der Waals surface area contributed by atoms with Crippen molar-refractivity contribution in [2.45, 2.75) is 52.0 Å². The summed E-state index contributed by atoms with van der Waals surface area (Å²) in [7, 11) is 0. The molecule has 0 aliphatic carbocycles. The van der Waals surface area contributed by atoms with Gasteiger partial charge < -0.3 is 11.1 Å². The van der Waals surface area contributed by atoms with Crippen LogP contribution in [0.25, 0.3) is 0 Å². The summed E-state index contributed by atoms with van der Waals surface area (Å²) in [6.45, 7) is 4.38. The lowest BCUT2D eigenvalue weighted by atomic mass is 10.1. The number of pyridine rings is 1. The van der Waals surface area contributed by atoms with Crippen molar-refractivity contribution < 1.29 is 0 Å². The van der Waals surface area contributed by atoms with Gasteiger partial charge in [-0.1, -0.05) is 44.2 Å². The first-order valence-corrected chi connectivity index (χ1v) is 6.68. The minimum absolute atomic E-state index is 0.392. The average molecular weight is 256 g/mol. The second kappa shape index (κ2) is 7.38. The zero-order valence-corrected chi connectivity index (χ0v) is 11.4. The molecule has 0 fully saturated rings. The SMILES string of the molecule is CCCCCCC(C)Nc1ncc(Cl)cc1N. The molecule has 1 aromatic heterocycles. The number of nitrogens with one attached hydrogen (secondary N) is 1. The van der Waals surface area contributed by atoms with E-state index >= 15 is 0 Å². The Morgan fingerprint density at radius 1 is 1.41 bits per heavy atom. The van der Waals surface area contributed by atoms with E-state index in [0.717, 1.165) is 12.2 Å². The third-order valence-electron chi connectivity index (χ3n) is 2.76. The standard InChI is InChI=1S/C13H22ClN3/c1-3-4-5-6-7-10(2)17-13-12(15)8-11(14)9-16-13/h8-10H,3-7,15H2,1-2H3,(H,16,17). The predicted octanol–water partition coefficient (Wildman–Crippen LogP) is 4.09. The molecule has 0 bridgehead atoms. The number of nitrogens with zero attached hydrogens (tertiary/aromatic N) is 1. The summed E-state index contributed by atoms with van der Waals surface area (Å²) < 4.78 is 0. The van der Waals surface area contributed by atoms with Gasteiger partial charge in [-0.15, -0.1) is 0 Å². The Hall–Kier alpha value is -0.960. The van der Waals surface area contributed by atoms with Gasteiger partial charge in [-0.05, 0) is 19.4 Å². The minimum Gasteiger partial charge on any atom is -0.396 e. The van der Waals surface area contributed by atoms with Gasteiger partial charge >= 0.3 is 0 Å². The van der Waals surface area contributed by atoms with Crippen LogP contribution >= 0.6 is 11.6 Å². The molecule has 1 heterocycles. The fourth-order valence-electron chi connectivity index (χ4n) is 1.76. The monoisotopic (exact) mass is 255 g/mol. The smallest absolute Gasteiger partial charge is 0.149 e. The van der Waals surface area contributed by atoms with Crippen molar-refractivity contribution >= 4 is 23.1 Å². The van der Waals surface area contributed by atoms with E-state index in [0.29, 0.717) is 16.8 Å². The molecular formula is C13H22ClN3. The Morgan fingerprint density at radius 2 is 2.18 bits per heavy atom. The molecule has 0 saturated heterocycles. The predicted molar refractivity (Wildman–Crippen MR) is 75.5 cm³/mol. The third-order valence-corrected chi connectivity index (χ3v) is 2.96. The molecule has 0 aliphatic rings. The normalized spacial score (nSPS) is 12.4. The van der Waals surface area contributed by atoms with Crippen molar-refractivity contribution in [3.63, 3.8) is 0 Å². The van der Waals surface area contributed by atoms with Gasteiger partial charge in [0, 0.05) is 12.2 Å². The molecule has 0 saturated carbocycles. The number of unbranched alkanes of at least 4 members (excludes halogenated alkanes) is 3. The van der Waals surface area contributed by atoms with Crippen molar-refractivity contribution in [3.8, 4) is 0 Å². The number of aromatic nitrogens is 1. The summed E-state index contributed by atoms with van der Waals surface area (Å²) in [6.07, 6.45) is 7.89. The van der Waals surface area contributed by atoms with E-state index in [4.69, 9.17) is 17.3 Å². The Morgan fingerprint density at radius 3 is 2.82 bits per heavy atom. The summed E-state index contributed by atoms with van der Waals surface area (Å²) in [5, 5.41) is 3.89. The van der Waals surface area contributed by atoms with E-state index in [1.54, 1.807) is 12.3 Å². The topological polar surface area (TPSA) is 50.9 Å². The fraction of sp³-hybridized carbons (Fsp3) is 0.615. The molecule has 0 amide bonds. The second-order valence-corrected chi connectivity index (χ2v) is 4.92. The number of anilines is 2. The van der Waals surface area contributed by atoms with Gasteiger partial charge in [0.25, 0.3) is 0 Å². The molecule has 1 atom stereocenters. The van der Waals surface area contributed by atoms with Crippen LogP contribution in [-0.4, -0.2) is 11.0 Å². The quantitative estimate of drug-likeness (QED) is 0.722. The van der Waals surface area contributed by atoms with E-state index in [9.17, 15) is 0 Å². The van der Waals surface area contributed by atoms with Crippen molar-refractivity contribution in [3.05, 3.63) is 17.3 Å². The van der Waals surface area contributed by atoms with Gasteiger partial charge in [0.2, 0.25) is 0 Å². The van der Waals surface area contributed by atoms with Crippen LogP contribution < -0.4 is 11.1 Å². The first-order valence-electron chi connectivity index (χ1n) is 6.31. The molecule has 0 aromatic carbocycles. The lowest BCUT2D eigenvalue weighted by Crippen LogP contribution is -2.17. The molecule has 1 aromatic rings. The molecule has 1 unspecified atom stereocenters. The molecule has 0 spiro atoms. The number of rotatable bonds is 7. The molecule has 0 radical (unpaired) electrons. The maximum Gasteiger partial charge on any atom is 0.149 e. The first-order chi connectivity index (χ1) is 8.13. The summed E-state index contributed by atoms with van der Waals surface area (Å²) in [5.74, 6) is 0.734. The molecule has 3 nitrogen and oxygen atoms in total. The number of hydrogen-bond acceptors (Lipinski definition) is 3. The van der Waals surface area contributed by atoms with Gasteiger partial charge in [-0.2, -0.15) is 0 Å². The van der Waals surface area contributed by atoms with Crippen LogP contribution in [-0.2, 0) is 0 Å². The Bertz CT molecular complexity index is 341. The van der Waals surface area contributed by atoms with Crippen LogP contribution in [0.3, 0.4) is 0 Å². The lowest BCUT2D eigenvalue weighted by Gasteiger charge is -2.15. The molecule has 17 heavy (non-hydrogen) atoms. The molecular weight excluding hydrogens is 234 g/mol. The number of nitrogen functional groups attached to an aromatic ring is 1. The van der Waals surface area contributed by atoms with Crippen LogP contribution in [0.5, 0.6) is 0 Å². The highest BCUT2D eigenvalue weighted by Gasteiger charge is 2.06. The van der Waals surface area contributed by atoms with E-state index in [-0.39, 0.29) is 0 Å². The summed E-state index contributed by atoms with van der Waals surface area (Å²) >= 11 is 5.80. The zero-order chi connectivity index (χ0) is 12.7. The first kappa shape index (κ1) is 14.1. The van der Waals surface area contributed by atoms with Gasteiger partial charge in [-0.3, -0.25) is 0 Å². The summed E-state index contributed by atoms with van der Waals surface area (Å²) in [4.78, 5) is 4.19. The van der Waals surface area contributed by atoms with E-state index in [1.807, 2.05) is 0 Å². The van der Waals surface area contributed by atoms with Gasteiger partial charge in [0.15, 0.2) is 0 Å². The second-order valence-electron chi connectivity index (χ2n) is 4.49. The van der Waals surface area contributed by atoms with Crippen molar-refractivity contribution in [2.24, 2.45) is 0 Å². The Balaban J connectivity index is 2.37. The summed E-state index contributed by atoms with van der Waals surface area (Å²) in [6, 6.07) is 2.11. The average Bonchev–Trinajstić information content (AvgIpc) is 2.28. The highest BCUT2D eigenvalue weighted by atomic mass is 35.5. The van der Waals surface area contributed by atoms with Crippen LogP contribution in [0.2, 0.25) is 5.02 Å². The van der Waals surface area contributed by atoms with Gasteiger partial charge in [-0.25, -0.2) is 4.98 Å². The molecule has 4 heteroatoms. The molecule has 96 valence electrons. The maximum atomic E-state index is 5.84. The van der Waals surface area contributed by atoms with Crippen LogP contribution in [0.4, 0.5) is 11.5 Å². The lowest BCUT2D eigenvalue weighted by molar-refractivity contribution is 0.593. The number of hydrogen-bond donors (Lipinski definition) is 2. The van der Waals surface area contributed by atoms with Crippen LogP contribution in [0, 0.1) is 0 Å². The van der Waals surface area contributed by atoms with Gasteiger partial charge in [0.1, 0.15) is 5.82 Å². The van der Waals surface area contributed by atoms with E-state index < -0.39 is 0 Å². The minimum atomic E-state index is 0.392. The van der Waals surface area contributed by atoms with Gasteiger partial charge in [0.05, 0.1) is 10.7 Å². The van der Waals surface area contributed by atoms with Crippen molar-refractivity contribution in [1.82, 2.24) is 4.98 Å². The highest BCUT2D eigenvalue weighted by Crippen LogP contribution is 2.20. The van der Waals surface area contributed by atoms with Crippen LogP contribution in [0.1, 0.15) is 46.0 Å². The zero-order valence-electron chi connectivity index (χ0n) is 10.7. The summed E-state index contributed by atoms with van der Waals surface area (Å²) in [5.41, 5.74) is 6.45. The third kappa shape index (κ3) is 5.26. The molecule has 0 aliphatic heterocycles. The number of nitrogens with two attached hydrogens (primary N) is 1. The molecule has 1 rings (SSSR count). The van der Waals surface area contributed by atoms with Crippen molar-refractivity contribution in [1.29, 1.82) is 0 Å². The van der Waals surface area contributed by atoms with E-state index in [1.165, 1.54) is 25.7 Å². The molecule has 3 N–H and O–H groups in total. The Labute approximate surface area is 109 Å². The Kier molecular flexibility index (Phi) is 6.12. The van der Waals surface area contributed by atoms with Crippen molar-refractivity contribution in [2.75, 3.05) is 11.1 Å². The largest absolute Gasteiger partial charge is 0.396 e. The highest BCUT2D eigenvalue weighted by molar-refractivity contribution is 6.30. The maximum absolute atomic E-state index is 5.84. The van der Waals surface area contributed by atoms with E-state index in [2.05, 4.69) is 24.1 Å². The fourth-order valence-corrected chi connectivity index (χ4v) is 1.92.